The highest BCUT2D eigenvalue weighted by Gasteiger charge is 2.26. The van der Waals surface area contributed by atoms with Gasteiger partial charge in [0.15, 0.2) is 4.77 Å². The van der Waals surface area contributed by atoms with E-state index in [4.69, 9.17) is 12.2 Å². The highest BCUT2D eigenvalue weighted by atomic mass is 32.1. The van der Waals surface area contributed by atoms with E-state index in [2.05, 4.69) is 4.98 Å². The van der Waals surface area contributed by atoms with E-state index in [0.717, 1.165) is 41.6 Å². The first-order valence-electron chi connectivity index (χ1n) is 8.62. The standard InChI is InChI=1S/C19H18N2O3S2/c22-17-15-12-8-4-5-9-14(12)26-16(15)20-19(25)21(17)13(18(23)24)10-11-6-2-1-3-7-11/h1-3,6-7,13H,4-5,8-10H2,(H,20,25)(H,23,24)/t13-/m0/s1. The van der Waals surface area contributed by atoms with Crippen LogP contribution in [0.25, 0.3) is 10.2 Å². The summed E-state index contributed by atoms with van der Waals surface area (Å²) in [5.74, 6) is -1.06. The van der Waals surface area contributed by atoms with Gasteiger partial charge < -0.3 is 10.1 Å². The zero-order valence-electron chi connectivity index (χ0n) is 14.0. The molecule has 0 unspecified atom stereocenters. The summed E-state index contributed by atoms with van der Waals surface area (Å²) in [7, 11) is 0. The van der Waals surface area contributed by atoms with E-state index in [1.54, 1.807) is 11.3 Å². The van der Waals surface area contributed by atoms with Gasteiger partial charge in [-0.2, -0.15) is 0 Å². The first-order chi connectivity index (χ1) is 12.6. The Labute approximate surface area is 158 Å². The van der Waals surface area contributed by atoms with Gasteiger partial charge in [0.2, 0.25) is 0 Å². The molecule has 0 radical (unpaired) electrons. The third kappa shape index (κ3) is 2.91. The Morgan fingerprint density at radius 3 is 2.73 bits per heavy atom. The molecule has 1 aliphatic carbocycles. The number of carboxylic acids is 1. The minimum absolute atomic E-state index is 0.171. The third-order valence-electron chi connectivity index (χ3n) is 4.91. The summed E-state index contributed by atoms with van der Waals surface area (Å²) in [5, 5.41) is 10.4. The smallest absolute Gasteiger partial charge is 0.327 e. The average molecular weight is 386 g/mol. The molecule has 0 amide bonds. The number of nitrogens with one attached hydrogen (secondary N) is 1. The molecule has 0 bridgehead atoms. The summed E-state index contributed by atoms with van der Waals surface area (Å²) in [5.41, 5.74) is 1.64. The number of H-pyrrole nitrogens is 1. The molecule has 0 spiro atoms. The minimum atomic E-state index is -1.06. The van der Waals surface area contributed by atoms with Crippen LogP contribution in [0.1, 0.15) is 34.9 Å². The molecular weight excluding hydrogens is 368 g/mol. The SMILES string of the molecule is O=C(O)[C@H](Cc1ccccc1)n1c(=S)[nH]c2sc3c(c2c1=O)CCCC3. The van der Waals surface area contributed by atoms with Gasteiger partial charge in [-0.25, -0.2) is 4.79 Å². The highest BCUT2D eigenvalue weighted by molar-refractivity contribution is 7.71. The first-order valence-corrected chi connectivity index (χ1v) is 9.84. The van der Waals surface area contributed by atoms with Crippen LogP contribution in [-0.4, -0.2) is 20.6 Å². The molecule has 1 aliphatic rings. The Morgan fingerprint density at radius 2 is 2.00 bits per heavy atom. The van der Waals surface area contributed by atoms with Crippen LogP contribution in [-0.2, 0) is 24.1 Å². The van der Waals surface area contributed by atoms with Gasteiger partial charge in [0.1, 0.15) is 10.9 Å². The lowest BCUT2D eigenvalue weighted by Crippen LogP contribution is -2.32. The molecule has 2 N–H and O–H groups in total. The quantitative estimate of drug-likeness (QED) is 0.668. The molecule has 2 heterocycles. The van der Waals surface area contributed by atoms with E-state index in [1.807, 2.05) is 30.3 Å². The summed E-state index contributed by atoms with van der Waals surface area (Å²) in [6, 6.07) is 8.28. The van der Waals surface area contributed by atoms with Gasteiger partial charge in [0.25, 0.3) is 5.56 Å². The minimum Gasteiger partial charge on any atom is -0.480 e. The van der Waals surface area contributed by atoms with Crippen LogP contribution in [0, 0.1) is 4.77 Å². The van der Waals surface area contributed by atoms with Crippen molar-refractivity contribution in [1.82, 2.24) is 9.55 Å². The molecule has 5 nitrogen and oxygen atoms in total. The molecular formula is C19H18N2O3S2. The number of benzene rings is 1. The number of aliphatic carboxylic acids is 1. The van der Waals surface area contributed by atoms with Crippen LogP contribution < -0.4 is 5.56 Å². The third-order valence-corrected chi connectivity index (χ3v) is 6.42. The van der Waals surface area contributed by atoms with Crippen LogP contribution in [0.4, 0.5) is 0 Å². The Kier molecular flexibility index (Phi) is 4.50. The number of fused-ring (bicyclic) bond motifs is 3. The lowest BCUT2D eigenvalue weighted by atomic mass is 9.97. The Morgan fingerprint density at radius 1 is 1.27 bits per heavy atom. The van der Waals surface area contributed by atoms with Gasteiger partial charge in [-0.3, -0.25) is 9.36 Å². The lowest BCUT2D eigenvalue weighted by molar-refractivity contribution is -0.141. The van der Waals surface area contributed by atoms with Gasteiger partial charge in [0.05, 0.1) is 5.39 Å². The van der Waals surface area contributed by atoms with E-state index in [-0.39, 0.29) is 16.8 Å². The predicted octanol–water partition coefficient (Wildman–Crippen LogP) is 3.87. The summed E-state index contributed by atoms with van der Waals surface area (Å²) in [6.45, 7) is 0. The predicted molar refractivity (Wildman–Crippen MR) is 105 cm³/mol. The molecule has 0 saturated heterocycles. The van der Waals surface area contributed by atoms with E-state index >= 15 is 0 Å². The Balaban J connectivity index is 1.90. The maximum Gasteiger partial charge on any atom is 0.327 e. The van der Waals surface area contributed by atoms with E-state index in [1.165, 1.54) is 9.44 Å². The molecule has 1 atom stereocenters. The van der Waals surface area contributed by atoms with E-state index < -0.39 is 12.0 Å². The summed E-state index contributed by atoms with van der Waals surface area (Å²) in [6.07, 6.45) is 4.23. The fourth-order valence-electron chi connectivity index (χ4n) is 3.66. The van der Waals surface area contributed by atoms with Crippen molar-refractivity contribution >= 4 is 39.7 Å². The fraction of sp³-hybridized carbons (Fsp3) is 0.316. The number of aryl methyl sites for hydroxylation is 2. The number of nitrogens with zero attached hydrogens (tertiary/aromatic N) is 1. The monoisotopic (exact) mass is 386 g/mol. The lowest BCUT2D eigenvalue weighted by Gasteiger charge is -2.16. The number of thiophene rings is 1. The topological polar surface area (TPSA) is 75.1 Å². The van der Waals surface area contributed by atoms with Gasteiger partial charge >= 0.3 is 5.97 Å². The normalized spacial score (nSPS) is 14.9. The van der Waals surface area contributed by atoms with Crippen LogP contribution in [0.5, 0.6) is 0 Å². The van der Waals surface area contributed by atoms with Crippen molar-refractivity contribution in [2.24, 2.45) is 0 Å². The molecule has 134 valence electrons. The second-order valence-electron chi connectivity index (χ2n) is 6.56. The molecule has 3 aromatic rings. The van der Waals surface area contributed by atoms with Crippen molar-refractivity contribution in [3.8, 4) is 0 Å². The molecule has 0 aliphatic heterocycles. The summed E-state index contributed by atoms with van der Waals surface area (Å²) >= 11 is 6.95. The van der Waals surface area contributed by atoms with Gasteiger partial charge in [-0.05, 0) is 49.0 Å². The molecule has 7 heteroatoms. The fourth-order valence-corrected chi connectivity index (χ4v) is 5.32. The van der Waals surface area contributed by atoms with Crippen molar-refractivity contribution < 1.29 is 9.90 Å². The second kappa shape index (κ2) is 6.81. The number of rotatable bonds is 4. The Bertz CT molecular complexity index is 1100. The van der Waals surface area contributed by atoms with Crippen LogP contribution >= 0.6 is 23.6 Å². The van der Waals surface area contributed by atoms with Crippen LogP contribution in [0.15, 0.2) is 35.1 Å². The highest BCUT2D eigenvalue weighted by Crippen LogP contribution is 2.33. The number of hydrogen-bond acceptors (Lipinski definition) is 4. The maximum atomic E-state index is 13.2. The van der Waals surface area contributed by atoms with Gasteiger partial charge in [0, 0.05) is 11.3 Å². The second-order valence-corrected chi connectivity index (χ2v) is 8.06. The van der Waals surface area contributed by atoms with E-state index in [0.29, 0.717) is 5.39 Å². The molecule has 0 saturated carbocycles. The molecule has 0 fully saturated rings. The number of carbonyl (C=O) groups is 1. The number of aromatic amines is 1. The summed E-state index contributed by atoms with van der Waals surface area (Å²) in [4.78, 5) is 30.3. The molecule has 2 aromatic heterocycles. The zero-order chi connectivity index (χ0) is 18.3. The zero-order valence-corrected chi connectivity index (χ0v) is 15.7. The number of carboxylic acid groups (broad SMARTS) is 1. The van der Waals surface area contributed by atoms with Crippen LogP contribution in [0.2, 0.25) is 0 Å². The van der Waals surface area contributed by atoms with Gasteiger partial charge in [-0.15, -0.1) is 11.3 Å². The molecule has 26 heavy (non-hydrogen) atoms. The maximum absolute atomic E-state index is 13.2. The van der Waals surface area contributed by atoms with Crippen molar-refractivity contribution in [3.05, 3.63) is 61.5 Å². The molecule has 1 aromatic carbocycles. The Hall–Kier alpha value is -2.25. The van der Waals surface area contributed by atoms with Crippen molar-refractivity contribution in [3.63, 3.8) is 0 Å². The largest absolute Gasteiger partial charge is 0.480 e. The van der Waals surface area contributed by atoms with Crippen LogP contribution in [0.3, 0.4) is 0 Å². The average Bonchev–Trinajstić information content (AvgIpc) is 2.99. The van der Waals surface area contributed by atoms with Gasteiger partial charge in [-0.1, -0.05) is 30.3 Å². The first kappa shape index (κ1) is 17.2. The van der Waals surface area contributed by atoms with E-state index in [9.17, 15) is 14.7 Å². The van der Waals surface area contributed by atoms with Crippen molar-refractivity contribution in [2.45, 2.75) is 38.1 Å². The number of aromatic nitrogens is 2. The van der Waals surface area contributed by atoms with Crippen molar-refractivity contribution in [2.75, 3.05) is 0 Å². The van der Waals surface area contributed by atoms with Crippen molar-refractivity contribution in [1.29, 1.82) is 0 Å². The molecule has 4 rings (SSSR count). The number of hydrogen-bond donors (Lipinski definition) is 2. The summed E-state index contributed by atoms with van der Waals surface area (Å²) < 4.78 is 1.42.